The van der Waals surface area contributed by atoms with Crippen LogP contribution in [0.25, 0.3) is 0 Å². The first kappa shape index (κ1) is 13.4. The summed E-state index contributed by atoms with van der Waals surface area (Å²) in [5.74, 6) is 0.772. The SMILES string of the molecule is COc1ccccc1C(O)CC1CCCC(C)N1. The number of para-hydroxylation sites is 1. The van der Waals surface area contributed by atoms with E-state index in [0.29, 0.717) is 12.1 Å². The Morgan fingerprint density at radius 1 is 1.39 bits per heavy atom. The van der Waals surface area contributed by atoms with Gasteiger partial charge in [-0.3, -0.25) is 0 Å². The number of rotatable bonds is 4. The van der Waals surface area contributed by atoms with Crippen LogP contribution >= 0.6 is 0 Å². The number of hydrogen-bond donors (Lipinski definition) is 2. The minimum Gasteiger partial charge on any atom is -0.496 e. The zero-order chi connectivity index (χ0) is 13.0. The first-order valence-corrected chi connectivity index (χ1v) is 6.77. The lowest BCUT2D eigenvalue weighted by Gasteiger charge is -2.30. The fraction of sp³-hybridized carbons (Fsp3) is 0.600. The first-order chi connectivity index (χ1) is 8.70. The summed E-state index contributed by atoms with van der Waals surface area (Å²) in [6, 6.07) is 8.68. The smallest absolute Gasteiger partial charge is 0.124 e. The van der Waals surface area contributed by atoms with Crippen LogP contribution in [0.15, 0.2) is 24.3 Å². The van der Waals surface area contributed by atoms with E-state index in [1.807, 2.05) is 24.3 Å². The van der Waals surface area contributed by atoms with Crippen LogP contribution in [0.4, 0.5) is 0 Å². The van der Waals surface area contributed by atoms with E-state index in [9.17, 15) is 5.11 Å². The Kier molecular flexibility index (Phi) is 4.61. The van der Waals surface area contributed by atoms with Crippen molar-refractivity contribution in [3.63, 3.8) is 0 Å². The van der Waals surface area contributed by atoms with Gasteiger partial charge in [0.05, 0.1) is 13.2 Å². The van der Waals surface area contributed by atoms with Crippen LogP contribution in [0, 0.1) is 0 Å². The van der Waals surface area contributed by atoms with Gasteiger partial charge in [0.1, 0.15) is 5.75 Å². The number of benzene rings is 1. The lowest BCUT2D eigenvalue weighted by molar-refractivity contribution is 0.136. The van der Waals surface area contributed by atoms with E-state index >= 15 is 0 Å². The topological polar surface area (TPSA) is 41.5 Å². The van der Waals surface area contributed by atoms with E-state index in [4.69, 9.17) is 4.74 Å². The Hall–Kier alpha value is -1.06. The van der Waals surface area contributed by atoms with Gasteiger partial charge in [-0.15, -0.1) is 0 Å². The molecule has 0 radical (unpaired) electrons. The quantitative estimate of drug-likeness (QED) is 0.862. The van der Waals surface area contributed by atoms with Crippen LogP contribution in [0.1, 0.15) is 44.3 Å². The second-order valence-corrected chi connectivity index (χ2v) is 5.19. The molecule has 3 nitrogen and oxygen atoms in total. The monoisotopic (exact) mass is 249 g/mol. The molecule has 3 heteroatoms. The van der Waals surface area contributed by atoms with Crippen molar-refractivity contribution in [3.8, 4) is 5.75 Å². The molecule has 100 valence electrons. The number of hydrogen-bond acceptors (Lipinski definition) is 3. The number of aliphatic hydroxyl groups excluding tert-OH is 1. The molecule has 0 aromatic heterocycles. The highest BCUT2D eigenvalue weighted by Crippen LogP contribution is 2.29. The second kappa shape index (κ2) is 6.21. The molecule has 1 aliphatic rings. The minimum absolute atomic E-state index is 0.411. The molecule has 0 amide bonds. The van der Waals surface area contributed by atoms with Gasteiger partial charge in [0, 0.05) is 17.6 Å². The van der Waals surface area contributed by atoms with Crippen molar-refractivity contribution in [1.29, 1.82) is 0 Å². The Balaban J connectivity index is 2.00. The van der Waals surface area contributed by atoms with E-state index in [0.717, 1.165) is 24.2 Å². The Labute approximate surface area is 109 Å². The lowest BCUT2D eigenvalue weighted by Crippen LogP contribution is -2.41. The van der Waals surface area contributed by atoms with E-state index in [-0.39, 0.29) is 0 Å². The molecular formula is C15H23NO2. The van der Waals surface area contributed by atoms with Gasteiger partial charge in [-0.05, 0) is 32.3 Å². The molecule has 0 spiro atoms. The first-order valence-electron chi connectivity index (χ1n) is 6.77. The molecule has 0 aliphatic carbocycles. The predicted molar refractivity (Wildman–Crippen MR) is 72.8 cm³/mol. The largest absolute Gasteiger partial charge is 0.496 e. The van der Waals surface area contributed by atoms with Gasteiger partial charge in [-0.1, -0.05) is 24.6 Å². The number of nitrogens with one attached hydrogen (secondary N) is 1. The molecule has 1 aliphatic heterocycles. The van der Waals surface area contributed by atoms with Crippen LogP contribution in [0.3, 0.4) is 0 Å². The van der Waals surface area contributed by atoms with E-state index in [1.165, 1.54) is 12.8 Å². The number of aliphatic hydroxyl groups is 1. The molecule has 1 fully saturated rings. The molecule has 1 saturated heterocycles. The summed E-state index contributed by atoms with van der Waals surface area (Å²) in [5, 5.41) is 13.9. The standard InChI is InChI=1S/C15H23NO2/c1-11-6-5-7-12(16-11)10-14(17)13-8-3-4-9-15(13)18-2/h3-4,8-9,11-12,14,16-17H,5-7,10H2,1-2H3. The normalized spacial score (nSPS) is 25.7. The van der Waals surface area contributed by atoms with Crippen molar-refractivity contribution >= 4 is 0 Å². The Morgan fingerprint density at radius 2 is 2.17 bits per heavy atom. The molecule has 1 aromatic carbocycles. The summed E-state index contributed by atoms with van der Waals surface area (Å²) >= 11 is 0. The van der Waals surface area contributed by atoms with Crippen LogP contribution < -0.4 is 10.1 Å². The zero-order valence-corrected chi connectivity index (χ0v) is 11.2. The van der Waals surface area contributed by atoms with Gasteiger partial charge < -0.3 is 15.2 Å². The number of ether oxygens (including phenoxy) is 1. The van der Waals surface area contributed by atoms with Crippen molar-refractivity contribution in [2.45, 2.75) is 50.8 Å². The molecule has 1 heterocycles. The summed E-state index contributed by atoms with van der Waals surface area (Å²) in [6.07, 6.45) is 3.93. The third-order valence-corrected chi connectivity index (χ3v) is 3.72. The summed E-state index contributed by atoms with van der Waals surface area (Å²) in [4.78, 5) is 0. The zero-order valence-electron chi connectivity index (χ0n) is 11.2. The molecule has 0 saturated carbocycles. The highest BCUT2D eigenvalue weighted by atomic mass is 16.5. The fourth-order valence-electron chi connectivity index (χ4n) is 2.76. The maximum Gasteiger partial charge on any atom is 0.124 e. The van der Waals surface area contributed by atoms with Crippen molar-refractivity contribution in [2.24, 2.45) is 0 Å². The van der Waals surface area contributed by atoms with Crippen molar-refractivity contribution in [3.05, 3.63) is 29.8 Å². The number of piperidine rings is 1. The molecule has 2 N–H and O–H groups in total. The Bertz CT molecular complexity index is 381. The molecule has 3 unspecified atom stereocenters. The van der Waals surface area contributed by atoms with E-state index in [1.54, 1.807) is 7.11 Å². The fourth-order valence-corrected chi connectivity index (χ4v) is 2.76. The second-order valence-electron chi connectivity index (χ2n) is 5.19. The van der Waals surface area contributed by atoms with Crippen LogP contribution in [0.2, 0.25) is 0 Å². The predicted octanol–water partition coefficient (Wildman–Crippen LogP) is 2.65. The number of methoxy groups -OCH3 is 1. The maximum absolute atomic E-state index is 10.4. The average molecular weight is 249 g/mol. The van der Waals surface area contributed by atoms with Crippen molar-refractivity contribution in [2.75, 3.05) is 7.11 Å². The van der Waals surface area contributed by atoms with Gasteiger partial charge in [0.15, 0.2) is 0 Å². The van der Waals surface area contributed by atoms with Crippen molar-refractivity contribution in [1.82, 2.24) is 5.32 Å². The third-order valence-electron chi connectivity index (χ3n) is 3.72. The highest BCUT2D eigenvalue weighted by molar-refractivity contribution is 5.35. The van der Waals surface area contributed by atoms with Gasteiger partial charge in [0.25, 0.3) is 0 Å². The highest BCUT2D eigenvalue weighted by Gasteiger charge is 2.22. The minimum atomic E-state index is -0.455. The van der Waals surface area contributed by atoms with Crippen molar-refractivity contribution < 1.29 is 9.84 Å². The van der Waals surface area contributed by atoms with Gasteiger partial charge >= 0.3 is 0 Å². The van der Waals surface area contributed by atoms with E-state index in [2.05, 4.69) is 12.2 Å². The summed E-state index contributed by atoms with van der Waals surface area (Å²) in [5.41, 5.74) is 0.889. The molecule has 2 rings (SSSR count). The summed E-state index contributed by atoms with van der Waals surface area (Å²) < 4.78 is 5.30. The molecular weight excluding hydrogens is 226 g/mol. The maximum atomic E-state index is 10.4. The summed E-state index contributed by atoms with van der Waals surface area (Å²) in [6.45, 7) is 2.21. The van der Waals surface area contributed by atoms with Gasteiger partial charge in [0.2, 0.25) is 0 Å². The lowest BCUT2D eigenvalue weighted by atomic mass is 9.93. The van der Waals surface area contributed by atoms with Gasteiger partial charge in [-0.25, -0.2) is 0 Å². The van der Waals surface area contributed by atoms with Crippen LogP contribution in [-0.2, 0) is 0 Å². The molecule has 1 aromatic rings. The molecule has 0 bridgehead atoms. The van der Waals surface area contributed by atoms with E-state index < -0.39 is 6.10 Å². The molecule has 3 atom stereocenters. The summed E-state index contributed by atoms with van der Waals surface area (Å²) in [7, 11) is 1.65. The van der Waals surface area contributed by atoms with Crippen LogP contribution in [0.5, 0.6) is 5.75 Å². The van der Waals surface area contributed by atoms with Gasteiger partial charge in [-0.2, -0.15) is 0 Å². The van der Waals surface area contributed by atoms with Crippen LogP contribution in [-0.4, -0.2) is 24.3 Å². The third kappa shape index (κ3) is 3.24. The average Bonchev–Trinajstić information content (AvgIpc) is 2.38. The molecule has 18 heavy (non-hydrogen) atoms. The Morgan fingerprint density at radius 3 is 2.89 bits per heavy atom.